The van der Waals surface area contributed by atoms with Crippen molar-refractivity contribution >= 4 is 11.6 Å². The Morgan fingerprint density at radius 1 is 1.47 bits per heavy atom. The molecule has 1 amide bonds. The molecular formula is C10H13N3O2. The third-order valence-electron chi connectivity index (χ3n) is 2.32. The molecule has 5 N–H and O–H groups in total. The molecule has 0 fully saturated rings. The summed E-state index contributed by atoms with van der Waals surface area (Å²) >= 11 is 0. The standard InChI is InChI=1S/C10H13N3O2/c1-5-10(14)13-7-4-6(9(11)12)2-3-8(7)15-5/h2-5,9H,11-12H2,1H3,(H,13,14). The average molecular weight is 207 g/mol. The number of hydrogen-bond donors (Lipinski definition) is 3. The summed E-state index contributed by atoms with van der Waals surface area (Å²) in [4.78, 5) is 11.3. The van der Waals surface area contributed by atoms with Gasteiger partial charge in [0.15, 0.2) is 6.10 Å². The van der Waals surface area contributed by atoms with Crippen LogP contribution in [0.2, 0.25) is 0 Å². The van der Waals surface area contributed by atoms with Gasteiger partial charge in [0.05, 0.1) is 11.9 Å². The van der Waals surface area contributed by atoms with Crippen molar-refractivity contribution in [2.45, 2.75) is 19.2 Å². The zero-order valence-corrected chi connectivity index (χ0v) is 8.36. The van der Waals surface area contributed by atoms with E-state index in [1.807, 2.05) is 0 Å². The molecule has 5 heteroatoms. The maximum atomic E-state index is 11.3. The van der Waals surface area contributed by atoms with Crippen LogP contribution in [0.1, 0.15) is 18.7 Å². The van der Waals surface area contributed by atoms with Crippen LogP contribution in [0.5, 0.6) is 5.75 Å². The molecule has 0 bridgehead atoms. The van der Waals surface area contributed by atoms with Crippen molar-refractivity contribution in [2.75, 3.05) is 5.32 Å². The van der Waals surface area contributed by atoms with Gasteiger partial charge in [0.1, 0.15) is 5.75 Å². The molecule has 15 heavy (non-hydrogen) atoms. The van der Waals surface area contributed by atoms with E-state index in [9.17, 15) is 4.79 Å². The Morgan fingerprint density at radius 2 is 2.20 bits per heavy atom. The SMILES string of the molecule is CC1Oc2ccc(C(N)N)cc2NC1=O. The van der Waals surface area contributed by atoms with Crippen molar-refractivity contribution in [3.8, 4) is 5.75 Å². The van der Waals surface area contributed by atoms with Crippen LogP contribution in [-0.4, -0.2) is 12.0 Å². The molecule has 2 rings (SSSR count). The minimum absolute atomic E-state index is 0.162. The first-order valence-electron chi connectivity index (χ1n) is 4.70. The number of carbonyl (C=O) groups excluding carboxylic acids is 1. The molecule has 0 aliphatic carbocycles. The molecule has 0 spiro atoms. The van der Waals surface area contributed by atoms with Crippen LogP contribution in [0, 0.1) is 0 Å². The van der Waals surface area contributed by atoms with Crippen LogP contribution in [-0.2, 0) is 4.79 Å². The van der Waals surface area contributed by atoms with Crippen LogP contribution < -0.4 is 21.5 Å². The summed E-state index contributed by atoms with van der Waals surface area (Å²) in [5.74, 6) is 0.483. The number of nitrogens with two attached hydrogens (primary N) is 2. The Hall–Kier alpha value is -1.59. The van der Waals surface area contributed by atoms with Crippen LogP contribution in [0.15, 0.2) is 18.2 Å². The molecule has 1 aromatic rings. The van der Waals surface area contributed by atoms with Gasteiger partial charge >= 0.3 is 0 Å². The molecule has 1 aliphatic rings. The Kier molecular flexibility index (Phi) is 2.34. The van der Waals surface area contributed by atoms with E-state index in [1.54, 1.807) is 25.1 Å². The van der Waals surface area contributed by atoms with Crippen LogP contribution in [0.4, 0.5) is 5.69 Å². The van der Waals surface area contributed by atoms with Gasteiger partial charge in [0.25, 0.3) is 5.91 Å². The van der Waals surface area contributed by atoms with E-state index < -0.39 is 12.3 Å². The van der Waals surface area contributed by atoms with Gasteiger partial charge in [-0.1, -0.05) is 6.07 Å². The molecule has 0 aromatic heterocycles. The van der Waals surface area contributed by atoms with Gasteiger partial charge in [-0.15, -0.1) is 0 Å². The molecule has 1 aromatic carbocycles. The highest BCUT2D eigenvalue weighted by Crippen LogP contribution is 2.31. The fourth-order valence-electron chi connectivity index (χ4n) is 1.43. The van der Waals surface area contributed by atoms with Crippen molar-refractivity contribution < 1.29 is 9.53 Å². The largest absolute Gasteiger partial charge is 0.479 e. The number of nitrogens with one attached hydrogen (secondary N) is 1. The normalized spacial score (nSPS) is 19.5. The predicted octanol–water partition coefficient (Wildman–Crippen LogP) is 0.322. The average Bonchev–Trinajstić information content (AvgIpc) is 2.19. The molecule has 5 nitrogen and oxygen atoms in total. The number of anilines is 1. The second-order valence-electron chi connectivity index (χ2n) is 3.53. The fraction of sp³-hybridized carbons (Fsp3) is 0.300. The maximum Gasteiger partial charge on any atom is 0.265 e. The lowest BCUT2D eigenvalue weighted by Gasteiger charge is -2.24. The number of rotatable bonds is 1. The Morgan fingerprint density at radius 3 is 2.87 bits per heavy atom. The molecule has 1 heterocycles. The minimum Gasteiger partial charge on any atom is -0.479 e. The van der Waals surface area contributed by atoms with Crippen LogP contribution in [0.3, 0.4) is 0 Å². The number of benzene rings is 1. The molecule has 0 saturated heterocycles. The van der Waals surface area contributed by atoms with E-state index in [2.05, 4.69) is 5.32 Å². The van der Waals surface area contributed by atoms with Crippen molar-refractivity contribution in [3.05, 3.63) is 23.8 Å². The molecule has 1 aliphatic heterocycles. The van der Waals surface area contributed by atoms with Gasteiger partial charge in [-0.05, 0) is 24.6 Å². The van der Waals surface area contributed by atoms with Gasteiger partial charge in [-0.3, -0.25) is 4.79 Å². The summed E-state index contributed by atoms with van der Waals surface area (Å²) in [6, 6.07) is 5.27. The van der Waals surface area contributed by atoms with Crippen LogP contribution >= 0.6 is 0 Å². The Balaban J connectivity index is 2.37. The van der Waals surface area contributed by atoms with Gasteiger partial charge in [-0.2, -0.15) is 0 Å². The van der Waals surface area contributed by atoms with E-state index in [1.165, 1.54) is 0 Å². The van der Waals surface area contributed by atoms with Crippen molar-refractivity contribution in [2.24, 2.45) is 11.5 Å². The first-order valence-corrected chi connectivity index (χ1v) is 4.70. The predicted molar refractivity (Wildman–Crippen MR) is 56.3 cm³/mol. The third-order valence-corrected chi connectivity index (χ3v) is 2.32. The lowest BCUT2D eigenvalue weighted by atomic mass is 10.1. The summed E-state index contributed by atoms with van der Waals surface area (Å²) < 4.78 is 5.39. The Bertz CT molecular complexity index is 404. The summed E-state index contributed by atoms with van der Waals surface area (Å²) in [5, 5.41) is 2.73. The van der Waals surface area contributed by atoms with Crippen LogP contribution in [0.25, 0.3) is 0 Å². The number of fused-ring (bicyclic) bond motifs is 1. The smallest absolute Gasteiger partial charge is 0.265 e. The van der Waals surface area contributed by atoms with E-state index in [0.29, 0.717) is 11.4 Å². The van der Waals surface area contributed by atoms with Gasteiger partial charge < -0.3 is 21.5 Å². The summed E-state index contributed by atoms with van der Waals surface area (Å²) in [5.41, 5.74) is 12.4. The third kappa shape index (κ3) is 1.79. The molecule has 0 saturated carbocycles. The second kappa shape index (κ2) is 3.52. The second-order valence-corrected chi connectivity index (χ2v) is 3.53. The van der Waals surface area contributed by atoms with Gasteiger partial charge in [-0.25, -0.2) is 0 Å². The number of carbonyl (C=O) groups is 1. The van der Waals surface area contributed by atoms with E-state index in [4.69, 9.17) is 16.2 Å². The van der Waals surface area contributed by atoms with Crippen molar-refractivity contribution in [1.82, 2.24) is 0 Å². The minimum atomic E-state index is -0.549. The molecule has 80 valence electrons. The first-order chi connectivity index (χ1) is 7.08. The zero-order chi connectivity index (χ0) is 11.0. The van der Waals surface area contributed by atoms with Gasteiger partial charge in [0, 0.05) is 0 Å². The highest BCUT2D eigenvalue weighted by Gasteiger charge is 2.23. The van der Waals surface area contributed by atoms with Gasteiger partial charge in [0.2, 0.25) is 0 Å². The van der Waals surface area contributed by atoms with Crippen molar-refractivity contribution in [1.29, 1.82) is 0 Å². The topological polar surface area (TPSA) is 90.4 Å². The fourth-order valence-corrected chi connectivity index (χ4v) is 1.43. The monoisotopic (exact) mass is 207 g/mol. The molecule has 1 unspecified atom stereocenters. The quantitative estimate of drug-likeness (QED) is 0.578. The van der Waals surface area contributed by atoms with E-state index >= 15 is 0 Å². The molecule has 0 radical (unpaired) electrons. The lowest BCUT2D eigenvalue weighted by molar-refractivity contribution is -0.122. The summed E-state index contributed by atoms with van der Waals surface area (Å²) in [6.45, 7) is 1.70. The Labute approximate surface area is 87.4 Å². The molecule has 1 atom stereocenters. The van der Waals surface area contributed by atoms with E-state index in [-0.39, 0.29) is 5.91 Å². The number of ether oxygens (including phenoxy) is 1. The highest BCUT2D eigenvalue weighted by atomic mass is 16.5. The molecular weight excluding hydrogens is 194 g/mol. The first kappa shape index (κ1) is 9.95. The lowest BCUT2D eigenvalue weighted by Crippen LogP contribution is -2.34. The maximum absolute atomic E-state index is 11.3. The number of amides is 1. The number of hydrogen-bond acceptors (Lipinski definition) is 4. The summed E-state index contributed by atoms with van der Waals surface area (Å²) in [6.07, 6.45) is -1.01. The summed E-state index contributed by atoms with van der Waals surface area (Å²) in [7, 11) is 0. The highest BCUT2D eigenvalue weighted by molar-refractivity contribution is 5.97. The van der Waals surface area contributed by atoms with Crippen molar-refractivity contribution in [3.63, 3.8) is 0 Å². The van der Waals surface area contributed by atoms with E-state index in [0.717, 1.165) is 5.56 Å². The zero-order valence-electron chi connectivity index (χ0n) is 8.36.